The number of ether oxygens (including phenoxy) is 3. The largest absolute Gasteiger partial charge is 0.468 e. The van der Waals surface area contributed by atoms with Crippen molar-refractivity contribution in [1.29, 1.82) is 0 Å². The maximum atomic E-state index is 13.5. The Hall–Kier alpha value is -4.17. The van der Waals surface area contributed by atoms with Gasteiger partial charge in [0.15, 0.2) is 6.79 Å². The van der Waals surface area contributed by atoms with E-state index in [0.717, 1.165) is 43.5 Å². The van der Waals surface area contributed by atoms with E-state index in [1.54, 1.807) is 45.8 Å². The van der Waals surface area contributed by atoms with Gasteiger partial charge in [-0.2, -0.15) is 4.98 Å². The Bertz CT molecular complexity index is 1440. The van der Waals surface area contributed by atoms with E-state index in [2.05, 4.69) is 20.5 Å². The number of carbonyl (C=O) groups excluding carboxylic acids is 3. The Kier molecular flexibility index (Phi) is 10.7. The number of rotatable bonds is 10. The molecule has 2 aromatic rings. The first-order valence-electron chi connectivity index (χ1n) is 16.3. The molecule has 5 rings (SSSR count). The van der Waals surface area contributed by atoms with Crippen LogP contribution < -0.4 is 20.3 Å². The summed E-state index contributed by atoms with van der Waals surface area (Å²) in [6, 6.07) is 6.57. The van der Waals surface area contributed by atoms with Crippen molar-refractivity contribution in [2.75, 3.05) is 56.8 Å². The molecule has 0 spiro atoms. The van der Waals surface area contributed by atoms with E-state index in [1.807, 2.05) is 18.2 Å². The summed E-state index contributed by atoms with van der Waals surface area (Å²) in [5.74, 6) is 1.14. The fourth-order valence-corrected chi connectivity index (χ4v) is 5.99. The predicted octanol–water partition coefficient (Wildman–Crippen LogP) is 2.54. The van der Waals surface area contributed by atoms with Gasteiger partial charge >= 0.3 is 6.09 Å². The number of likely N-dealkylation sites (tertiary alicyclic amines) is 1. The molecule has 0 aliphatic carbocycles. The number of methoxy groups -OCH3 is 1. The highest BCUT2D eigenvalue weighted by Gasteiger charge is 2.37. The molecule has 2 saturated heterocycles. The lowest BCUT2D eigenvalue weighted by molar-refractivity contribution is -0.132. The molecule has 3 aliphatic rings. The van der Waals surface area contributed by atoms with Crippen LogP contribution in [0.2, 0.25) is 0 Å². The third-order valence-corrected chi connectivity index (χ3v) is 8.50. The molecule has 2 atom stereocenters. The van der Waals surface area contributed by atoms with E-state index in [-0.39, 0.29) is 37.5 Å². The van der Waals surface area contributed by atoms with Gasteiger partial charge < -0.3 is 39.8 Å². The molecule has 2 fully saturated rings. The van der Waals surface area contributed by atoms with Crippen LogP contribution >= 0.6 is 0 Å². The van der Waals surface area contributed by atoms with Gasteiger partial charge in [0.05, 0.1) is 18.2 Å². The average Bonchev–Trinajstić information content (AvgIpc) is 3.02. The summed E-state index contributed by atoms with van der Waals surface area (Å²) in [7, 11) is 1.54. The minimum absolute atomic E-state index is 0.0194. The maximum Gasteiger partial charge on any atom is 0.410 e. The third kappa shape index (κ3) is 8.80. The fraction of sp³-hybridized carbons (Fsp3) is 0.606. The lowest BCUT2D eigenvalue weighted by Crippen LogP contribution is -2.56. The molecule has 256 valence electrons. The van der Waals surface area contributed by atoms with Crippen molar-refractivity contribution in [1.82, 2.24) is 25.1 Å². The number of amides is 3. The lowest BCUT2D eigenvalue weighted by Gasteiger charge is -2.40. The smallest absolute Gasteiger partial charge is 0.410 e. The molecule has 14 nitrogen and oxygen atoms in total. The Balaban J connectivity index is 1.31. The molecule has 3 N–H and O–H groups in total. The van der Waals surface area contributed by atoms with Crippen molar-refractivity contribution < 1.29 is 33.7 Å². The van der Waals surface area contributed by atoms with Crippen LogP contribution in [-0.2, 0) is 27.2 Å². The second-order valence-corrected chi connectivity index (χ2v) is 13.4. The number of nitrogens with one attached hydrogen (secondary N) is 2. The van der Waals surface area contributed by atoms with Crippen LogP contribution in [0, 0.1) is 0 Å². The second-order valence-electron chi connectivity index (χ2n) is 13.4. The SMILES string of the molecule is COCOc1ccc2c(c1)CN(C(=O)OC(C)(C)C)[C@H]([C@H](O)CNC(=O)c1cc(NC3CN(C(C)=O)C3)nc(N3CCCCC3)n1)C2. The van der Waals surface area contributed by atoms with Gasteiger partial charge in [-0.05, 0) is 69.7 Å². The topological polar surface area (TPSA) is 159 Å². The Morgan fingerprint density at radius 1 is 1.06 bits per heavy atom. The summed E-state index contributed by atoms with van der Waals surface area (Å²) in [6.07, 6.45) is 1.87. The van der Waals surface area contributed by atoms with E-state index in [9.17, 15) is 19.5 Å². The standard InChI is InChI=1S/C33H47N7O7/c1-21(41)39-18-24(19-39)35-29-15-26(36-31(37-29)38-11-7-6-8-12-38)30(43)34-16-28(42)27-14-22-9-10-25(46-20-45-5)13-23(22)17-40(27)32(44)47-33(2,3)4/h9-10,13,15,24,27-28,42H,6-8,11-12,14,16-20H2,1-5H3,(H,34,43)(H,35,36,37)/t27-,28+/m0/s1. The molecule has 3 aliphatic heterocycles. The fourth-order valence-electron chi connectivity index (χ4n) is 5.99. The Labute approximate surface area is 275 Å². The molecule has 0 bridgehead atoms. The van der Waals surface area contributed by atoms with Gasteiger partial charge in [0.2, 0.25) is 11.9 Å². The summed E-state index contributed by atoms with van der Waals surface area (Å²) < 4.78 is 16.3. The molecule has 0 unspecified atom stereocenters. The number of fused-ring (bicyclic) bond motifs is 1. The predicted molar refractivity (Wildman–Crippen MR) is 174 cm³/mol. The van der Waals surface area contributed by atoms with Gasteiger partial charge in [-0.1, -0.05) is 6.07 Å². The molecular weight excluding hydrogens is 606 g/mol. The number of hydrogen-bond acceptors (Lipinski definition) is 11. The first kappa shape index (κ1) is 34.2. The van der Waals surface area contributed by atoms with E-state index in [1.165, 1.54) is 4.90 Å². The Morgan fingerprint density at radius 2 is 1.81 bits per heavy atom. The summed E-state index contributed by atoms with van der Waals surface area (Å²) in [5.41, 5.74) is 1.27. The summed E-state index contributed by atoms with van der Waals surface area (Å²) in [4.78, 5) is 53.1. The van der Waals surface area contributed by atoms with Crippen LogP contribution in [0.3, 0.4) is 0 Å². The van der Waals surface area contributed by atoms with Crippen LogP contribution in [0.1, 0.15) is 68.6 Å². The van der Waals surface area contributed by atoms with Gasteiger partial charge in [-0.25, -0.2) is 9.78 Å². The van der Waals surface area contributed by atoms with Gasteiger partial charge in [0, 0.05) is 59.4 Å². The number of aromatic nitrogens is 2. The summed E-state index contributed by atoms with van der Waals surface area (Å²) >= 11 is 0. The zero-order chi connectivity index (χ0) is 33.7. The average molecular weight is 654 g/mol. The molecule has 1 aromatic carbocycles. The summed E-state index contributed by atoms with van der Waals surface area (Å²) in [5, 5.41) is 17.6. The van der Waals surface area contributed by atoms with Crippen LogP contribution in [0.15, 0.2) is 24.3 Å². The number of hydrogen-bond donors (Lipinski definition) is 3. The Morgan fingerprint density at radius 3 is 2.49 bits per heavy atom. The number of aliphatic hydroxyl groups excluding tert-OH is 1. The van der Waals surface area contributed by atoms with Crippen LogP contribution in [0.25, 0.3) is 0 Å². The number of benzene rings is 1. The van der Waals surface area contributed by atoms with Crippen molar-refractivity contribution in [3.63, 3.8) is 0 Å². The first-order chi connectivity index (χ1) is 22.4. The van der Waals surface area contributed by atoms with Gasteiger partial charge in [-0.15, -0.1) is 0 Å². The molecular formula is C33H47N7O7. The first-order valence-corrected chi connectivity index (χ1v) is 16.3. The molecule has 0 saturated carbocycles. The van der Waals surface area contributed by atoms with Crippen LogP contribution in [0.4, 0.5) is 16.6 Å². The van der Waals surface area contributed by atoms with Gasteiger partial charge in [0.25, 0.3) is 5.91 Å². The number of anilines is 2. The molecule has 0 radical (unpaired) electrons. The van der Waals surface area contributed by atoms with E-state index >= 15 is 0 Å². The highest BCUT2D eigenvalue weighted by Crippen LogP contribution is 2.30. The molecule has 14 heteroatoms. The van der Waals surface area contributed by atoms with Gasteiger partial charge in [-0.3, -0.25) is 14.5 Å². The normalized spacial score (nSPS) is 18.9. The third-order valence-electron chi connectivity index (χ3n) is 8.50. The number of piperidine rings is 1. The van der Waals surface area contributed by atoms with Crippen molar-refractivity contribution in [2.24, 2.45) is 0 Å². The zero-order valence-electron chi connectivity index (χ0n) is 28.0. The minimum Gasteiger partial charge on any atom is -0.468 e. The van der Waals surface area contributed by atoms with Crippen molar-refractivity contribution in [3.05, 3.63) is 41.1 Å². The van der Waals surface area contributed by atoms with Crippen molar-refractivity contribution >= 4 is 29.7 Å². The van der Waals surface area contributed by atoms with Crippen LogP contribution in [0.5, 0.6) is 5.75 Å². The quantitative estimate of drug-likeness (QED) is 0.324. The molecule has 3 amide bonds. The molecule has 1 aromatic heterocycles. The van der Waals surface area contributed by atoms with Gasteiger partial charge in [0.1, 0.15) is 22.9 Å². The van der Waals surface area contributed by atoms with Crippen molar-refractivity contribution in [3.8, 4) is 5.75 Å². The number of nitrogens with zero attached hydrogens (tertiary/aromatic N) is 5. The second kappa shape index (κ2) is 14.7. The highest BCUT2D eigenvalue weighted by atomic mass is 16.7. The lowest BCUT2D eigenvalue weighted by atomic mass is 9.91. The molecule has 4 heterocycles. The van der Waals surface area contributed by atoms with E-state index in [4.69, 9.17) is 19.2 Å². The highest BCUT2D eigenvalue weighted by molar-refractivity contribution is 5.93. The van der Waals surface area contributed by atoms with Crippen molar-refractivity contribution in [2.45, 2.75) is 83.7 Å². The van der Waals surface area contributed by atoms with E-state index in [0.29, 0.717) is 37.0 Å². The van der Waals surface area contributed by atoms with E-state index < -0.39 is 29.7 Å². The van der Waals surface area contributed by atoms with Crippen LogP contribution in [-0.4, -0.2) is 113 Å². The minimum atomic E-state index is -1.10. The monoisotopic (exact) mass is 653 g/mol. The zero-order valence-corrected chi connectivity index (χ0v) is 28.0. The number of carbonyl (C=O) groups is 3. The summed E-state index contributed by atoms with van der Waals surface area (Å²) in [6.45, 7) is 9.82. The maximum absolute atomic E-state index is 13.5. The number of aliphatic hydroxyl groups is 1. The molecule has 47 heavy (non-hydrogen) atoms.